The lowest BCUT2D eigenvalue weighted by molar-refractivity contribution is -0.130. The summed E-state index contributed by atoms with van der Waals surface area (Å²) in [6.45, 7) is 6.28. The first-order chi connectivity index (χ1) is 11.6. The molecule has 4 nitrogen and oxygen atoms in total. The Morgan fingerprint density at radius 2 is 2.08 bits per heavy atom. The Morgan fingerprint density at radius 1 is 1.29 bits per heavy atom. The Bertz CT molecular complexity index is 763. The number of carbonyl (C=O) groups excluding carboxylic acids is 1. The summed E-state index contributed by atoms with van der Waals surface area (Å²) in [6, 6.07) is 0. The summed E-state index contributed by atoms with van der Waals surface area (Å²) in [4.78, 5) is 26.2. The van der Waals surface area contributed by atoms with Gasteiger partial charge in [0.25, 0.3) is 0 Å². The highest BCUT2D eigenvalue weighted by Gasteiger charge is 2.26. The van der Waals surface area contributed by atoms with Crippen molar-refractivity contribution in [1.29, 1.82) is 0 Å². The van der Waals surface area contributed by atoms with Gasteiger partial charge < -0.3 is 4.90 Å². The van der Waals surface area contributed by atoms with Crippen molar-refractivity contribution in [1.82, 2.24) is 14.9 Å². The fourth-order valence-corrected chi connectivity index (χ4v) is 6.32. The molecule has 2 atom stereocenters. The average Bonchev–Trinajstić information content (AvgIpc) is 3.12. The van der Waals surface area contributed by atoms with Crippen LogP contribution >= 0.6 is 23.1 Å². The van der Waals surface area contributed by atoms with Crippen molar-refractivity contribution in [2.75, 3.05) is 18.8 Å². The zero-order valence-corrected chi connectivity index (χ0v) is 15.9. The van der Waals surface area contributed by atoms with Crippen LogP contribution in [0.5, 0.6) is 0 Å². The molecule has 1 aliphatic heterocycles. The first-order valence-corrected chi connectivity index (χ1v) is 10.6. The number of likely N-dealkylation sites (tertiary alicyclic amines) is 1. The summed E-state index contributed by atoms with van der Waals surface area (Å²) >= 11 is 3.39. The van der Waals surface area contributed by atoms with Crippen LogP contribution in [0.2, 0.25) is 0 Å². The van der Waals surface area contributed by atoms with E-state index in [-0.39, 0.29) is 5.91 Å². The molecule has 128 valence electrons. The van der Waals surface area contributed by atoms with Crippen molar-refractivity contribution < 1.29 is 4.79 Å². The first kappa shape index (κ1) is 16.3. The van der Waals surface area contributed by atoms with E-state index in [2.05, 4.69) is 23.8 Å². The fourth-order valence-electron chi connectivity index (χ4n) is 4.10. The molecule has 2 aromatic heterocycles. The number of thioether (sulfide) groups is 1. The van der Waals surface area contributed by atoms with E-state index in [4.69, 9.17) is 0 Å². The molecule has 0 aromatic carbocycles. The summed E-state index contributed by atoms with van der Waals surface area (Å²) in [5, 5.41) is 2.21. The van der Waals surface area contributed by atoms with Crippen LogP contribution in [-0.2, 0) is 17.6 Å². The molecule has 0 spiro atoms. The molecule has 0 N–H and O–H groups in total. The lowest BCUT2D eigenvalue weighted by atomic mass is 9.92. The Morgan fingerprint density at radius 3 is 2.88 bits per heavy atom. The second-order valence-corrected chi connectivity index (χ2v) is 9.30. The van der Waals surface area contributed by atoms with Gasteiger partial charge in [0, 0.05) is 23.4 Å². The molecule has 0 bridgehead atoms. The topological polar surface area (TPSA) is 46.1 Å². The average molecular weight is 362 g/mol. The molecule has 2 aliphatic rings. The van der Waals surface area contributed by atoms with Gasteiger partial charge >= 0.3 is 0 Å². The van der Waals surface area contributed by atoms with E-state index in [1.165, 1.54) is 35.1 Å². The summed E-state index contributed by atoms with van der Waals surface area (Å²) in [5.41, 5.74) is 1.44. The third-order valence-corrected chi connectivity index (χ3v) is 7.19. The van der Waals surface area contributed by atoms with Crippen LogP contribution in [-0.4, -0.2) is 39.6 Å². The normalized spacial score (nSPS) is 23.7. The van der Waals surface area contributed by atoms with E-state index in [1.807, 2.05) is 4.90 Å². The van der Waals surface area contributed by atoms with Crippen molar-refractivity contribution in [3.05, 3.63) is 16.8 Å². The van der Waals surface area contributed by atoms with E-state index < -0.39 is 0 Å². The minimum Gasteiger partial charge on any atom is -0.341 e. The van der Waals surface area contributed by atoms with Crippen LogP contribution in [0.3, 0.4) is 0 Å². The molecular weight excluding hydrogens is 338 g/mol. The highest BCUT2D eigenvalue weighted by Crippen LogP contribution is 2.40. The van der Waals surface area contributed by atoms with E-state index in [1.54, 1.807) is 29.4 Å². The second-order valence-electron chi connectivity index (χ2n) is 7.25. The maximum Gasteiger partial charge on any atom is 0.233 e. The number of carbonyl (C=O) groups is 1. The summed E-state index contributed by atoms with van der Waals surface area (Å²) < 4.78 is 0. The Hall–Kier alpha value is -1.14. The minimum absolute atomic E-state index is 0.247. The maximum absolute atomic E-state index is 12.6. The van der Waals surface area contributed by atoms with Gasteiger partial charge in [-0.25, -0.2) is 9.97 Å². The SMILES string of the molecule is C[C@H]1C[C@H](C)CN(C(=O)CSc2ncnc3sc4c(c23)CCC4)C1. The molecule has 2 aromatic rings. The molecule has 1 aliphatic carbocycles. The molecule has 0 radical (unpaired) electrons. The molecule has 0 unspecified atom stereocenters. The van der Waals surface area contributed by atoms with Crippen LogP contribution < -0.4 is 0 Å². The van der Waals surface area contributed by atoms with Crippen LogP contribution in [0.25, 0.3) is 10.2 Å². The van der Waals surface area contributed by atoms with Crippen molar-refractivity contribution in [2.45, 2.75) is 44.6 Å². The standard InChI is InChI=1S/C18H23N3OS2/c1-11-6-12(2)8-21(7-11)15(22)9-23-17-16-13-4-3-5-14(13)24-18(16)20-10-19-17/h10-12H,3-9H2,1-2H3/t11-,12-/m0/s1. The molecule has 4 rings (SSSR count). The second kappa shape index (κ2) is 6.64. The van der Waals surface area contributed by atoms with Crippen LogP contribution in [0.15, 0.2) is 11.4 Å². The highest BCUT2D eigenvalue weighted by molar-refractivity contribution is 8.00. The van der Waals surface area contributed by atoms with Gasteiger partial charge in [0.1, 0.15) is 16.2 Å². The number of nitrogens with zero attached hydrogens (tertiary/aromatic N) is 3. The van der Waals surface area contributed by atoms with Crippen LogP contribution in [0, 0.1) is 11.8 Å². The van der Waals surface area contributed by atoms with Crippen molar-refractivity contribution in [3.8, 4) is 0 Å². The number of aromatic nitrogens is 2. The Labute approximate surface area is 151 Å². The van der Waals surface area contributed by atoms with Gasteiger partial charge in [-0.1, -0.05) is 25.6 Å². The summed E-state index contributed by atoms with van der Waals surface area (Å²) in [7, 11) is 0. The number of thiophene rings is 1. The van der Waals surface area contributed by atoms with Gasteiger partial charge in [-0.15, -0.1) is 11.3 Å². The summed E-state index contributed by atoms with van der Waals surface area (Å²) in [5.74, 6) is 1.94. The Kier molecular flexibility index (Phi) is 4.52. The van der Waals surface area contributed by atoms with Crippen molar-refractivity contribution in [2.24, 2.45) is 11.8 Å². The van der Waals surface area contributed by atoms with Crippen molar-refractivity contribution >= 4 is 39.2 Å². The van der Waals surface area contributed by atoms with Gasteiger partial charge in [-0.2, -0.15) is 0 Å². The predicted molar refractivity (Wildman–Crippen MR) is 99.7 cm³/mol. The lowest BCUT2D eigenvalue weighted by Gasteiger charge is -2.35. The molecule has 1 saturated heterocycles. The fraction of sp³-hybridized carbons (Fsp3) is 0.611. The molecular formula is C18H23N3OS2. The summed E-state index contributed by atoms with van der Waals surface area (Å²) in [6.07, 6.45) is 6.41. The number of piperidine rings is 1. The highest BCUT2D eigenvalue weighted by atomic mass is 32.2. The number of aryl methyl sites for hydroxylation is 2. The van der Waals surface area contributed by atoms with Crippen molar-refractivity contribution in [3.63, 3.8) is 0 Å². The molecule has 24 heavy (non-hydrogen) atoms. The Balaban J connectivity index is 1.50. The largest absolute Gasteiger partial charge is 0.341 e. The number of hydrogen-bond donors (Lipinski definition) is 0. The maximum atomic E-state index is 12.6. The third kappa shape index (κ3) is 3.06. The molecule has 3 heterocycles. The van der Waals surface area contributed by atoms with Crippen LogP contribution in [0.4, 0.5) is 0 Å². The van der Waals surface area contributed by atoms with Crippen LogP contribution in [0.1, 0.15) is 37.1 Å². The van der Waals surface area contributed by atoms with Gasteiger partial charge in [-0.05, 0) is 43.1 Å². The lowest BCUT2D eigenvalue weighted by Crippen LogP contribution is -2.43. The minimum atomic E-state index is 0.247. The van der Waals surface area contributed by atoms with Gasteiger partial charge in [0.2, 0.25) is 5.91 Å². The predicted octanol–water partition coefficient (Wildman–Crippen LogP) is 3.78. The van der Waals surface area contributed by atoms with Gasteiger partial charge in [0.05, 0.1) is 5.75 Å². The van der Waals surface area contributed by atoms with E-state index in [9.17, 15) is 4.79 Å². The number of hydrogen-bond acceptors (Lipinski definition) is 5. The molecule has 1 amide bonds. The number of fused-ring (bicyclic) bond motifs is 3. The van der Waals surface area contributed by atoms with E-state index in [0.717, 1.165) is 29.4 Å². The number of amides is 1. The van der Waals surface area contributed by atoms with Gasteiger partial charge in [0.15, 0.2) is 0 Å². The first-order valence-electron chi connectivity index (χ1n) is 8.77. The smallest absolute Gasteiger partial charge is 0.233 e. The quantitative estimate of drug-likeness (QED) is 0.617. The molecule has 0 saturated carbocycles. The number of rotatable bonds is 3. The molecule has 6 heteroatoms. The zero-order valence-electron chi connectivity index (χ0n) is 14.2. The molecule has 1 fully saturated rings. The van der Waals surface area contributed by atoms with E-state index >= 15 is 0 Å². The monoisotopic (exact) mass is 361 g/mol. The third-order valence-electron chi connectivity index (χ3n) is 5.02. The van der Waals surface area contributed by atoms with E-state index in [0.29, 0.717) is 17.6 Å². The van der Waals surface area contributed by atoms with Gasteiger partial charge in [-0.3, -0.25) is 4.79 Å². The zero-order chi connectivity index (χ0) is 16.7.